The molecule has 0 fully saturated rings. The van der Waals surface area contributed by atoms with Gasteiger partial charge in [-0.3, -0.25) is 4.79 Å². The largest absolute Gasteiger partial charge is 0.421 e. The molecule has 120 valence electrons. The molecule has 0 saturated carbocycles. The second kappa shape index (κ2) is 5.41. The Morgan fingerprint density at radius 1 is 1.30 bits per heavy atom. The molecule has 6 nitrogen and oxygen atoms in total. The highest BCUT2D eigenvalue weighted by Gasteiger charge is 2.35. The minimum Gasteiger partial charge on any atom is -0.372 e. The number of carbonyl (C=O) groups is 1. The number of nitrogens with zero attached hydrogens (tertiary/aromatic N) is 2. The number of alkyl halides is 3. The van der Waals surface area contributed by atoms with Crippen LogP contribution in [-0.2, 0) is 17.4 Å². The first kappa shape index (κ1) is 15.1. The zero-order valence-electron chi connectivity index (χ0n) is 12.0. The number of anilines is 4. The number of hydrogen-bond donors (Lipinski definition) is 3. The van der Waals surface area contributed by atoms with Crippen LogP contribution in [0.4, 0.5) is 36.3 Å². The molecule has 0 spiro atoms. The lowest BCUT2D eigenvalue weighted by atomic mass is 10.1. The molecule has 1 aliphatic rings. The van der Waals surface area contributed by atoms with E-state index in [1.54, 1.807) is 18.2 Å². The highest BCUT2D eigenvalue weighted by molar-refractivity contribution is 6.01. The fourth-order valence-corrected chi connectivity index (χ4v) is 2.33. The van der Waals surface area contributed by atoms with Crippen molar-refractivity contribution in [2.24, 2.45) is 0 Å². The summed E-state index contributed by atoms with van der Waals surface area (Å²) in [5.41, 5.74) is 1.02. The molecule has 2 heterocycles. The summed E-state index contributed by atoms with van der Waals surface area (Å²) in [7, 11) is 1.35. The predicted octanol–water partition coefficient (Wildman–Crippen LogP) is 2.78. The summed E-state index contributed by atoms with van der Waals surface area (Å²) < 4.78 is 38.5. The second-order valence-corrected chi connectivity index (χ2v) is 4.89. The lowest BCUT2D eigenvalue weighted by molar-refractivity contribution is -0.137. The van der Waals surface area contributed by atoms with Crippen LogP contribution in [0.3, 0.4) is 0 Å². The summed E-state index contributed by atoms with van der Waals surface area (Å²) in [6, 6.07) is 5.17. The third-order valence-corrected chi connectivity index (χ3v) is 3.36. The van der Waals surface area contributed by atoms with Gasteiger partial charge in [0.2, 0.25) is 11.9 Å². The van der Waals surface area contributed by atoms with E-state index in [0.717, 1.165) is 5.56 Å². The van der Waals surface area contributed by atoms with Crippen LogP contribution in [0.1, 0.15) is 11.1 Å². The Morgan fingerprint density at radius 3 is 2.78 bits per heavy atom. The van der Waals surface area contributed by atoms with Crippen molar-refractivity contribution in [1.29, 1.82) is 0 Å². The van der Waals surface area contributed by atoms with E-state index >= 15 is 0 Å². The molecule has 3 N–H and O–H groups in total. The Labute approximate surface area is 129 Å². The molecule has 23 heavy (non-hydrogen) atoms. The van der Waals surface area contributed by atoms with Crippen molar-refractivity contribution in [2.45, 2.75) is 12.6 Å². The molecule has 0 aliphatic carbocycles. The maximum atomic E-state index is 12.8. The number of carbonyl (C=O) groups excluding carboxylic acids is 1. The highest BCUT2D eigenvalue weighted by Crippen LogP contribution is 2.35. The monoisotopic (exact) mass is 323 g/mol. The van der Waals surface area contributed by atoms with Crippen LogP contribution in [0.5, 0.6) is 0 Å². The summed E-state index contributed by atoms with van der Waals surface area (Å²) in [5.74, 6) is -0.453. The van der Waals surface area contributed by atoms with E-state index in [1.807, 2.05) is 0 Å². The Balaban J connectivity index is 1.93. The van der Waals surface area contributed by atoms with E-state index in [4.69, 9.17) is 0 Å². The smallest absolute Gasteiger partial charge is 0.372 e. The van der Waals surface area contributed by atoms with Crippen molar-refractivity contribution < 1.29 is 18.0 Å². The zero-order valence-corrected chi connectivity index (χ0v) is 12.0. The SMILES string of the molecule is CNc1nc(Nc2cccc3c2CC(=O)N3)ncc1C(F)(F)F. The second-order valence-electron chi connectivity index (χ2n) is 4.89. The first-order valence-corrected chi connectivity index (χ1v) is 6.69. The van der Waals surface area contributed by atoms with Crippen LogP contribution in [0.25, 0.3) is 0 Å². The summed E-state index contributed by atoms with van der Waals surface area (Å²) >= 11 is 0. The van der Waals surface area contributed by atoms with Crippen molar-refractivity contribution in [3.63, 3.8) is 0 Å². The molecule has 0 atom stereocenters. The topological polar surface area (TPSA) is 78.9 Å². The van der Waals surface area contributed by atoms with Gasteiger partial charge in [-0.1, -0.05) is 6.07 Å². The van der Waals surface area contributed by atoms with Gasteiger partial charge in [0.25, 0.3) is 0 Å². The maximum absolute atomic E-state index is 12.8. The third kappa shape index (κ3) is 2.89. The molecule has 0 bridgehead atoms. The van der Waals surface area contributed by atoms with Gasteiger partial charge in [-0.05, 0) is 12.1 Å². The average molecular weight is 323 g/mol. The number of rotatable bonds is 3. The Kier molecular flexibility index (Phi) is 3.55. The average Bonchev–Trinajstić information content (AvgIpc) is 2.87. The molecule has 0 unspecified atom stereocenters. The van der Waals surface area contributed by atoms with Gasteiger partial charge in [0.15, 0.2) is 0 Å². The highest BCUT2D eigenvalue weighted by atomic mass is 19.4. The lowest BCUT2D eigenvalue weighted by Crippen LogP contribution is -2.12. The quantitative estimate of drug-likeness (QED) is 0.809. The third-order valence-electron chi connectivity index (χ3n) is 3.36. The minimum absolute atomic E-state index is 0.00935. The lowest BCUT2D eigenvalue weighted by Gasteiger charge is -2.14. The molecular weight excluding hydrogens is 311 g/mol. The predicted molar refractivity (Wildman–Crippen MR) is 78.6 cm³/mol. The fraction of sp³-hybridized carbons (Fsp3) is 0.214. The van der Waals surface area contributed by atoms with E-state index in [2.05, 4.69) is 25.9 Å². The molecule has 1 aromatic carbocycles. The molecule has 3 rings (SSSR count). The molecule has 2 aromatic rings. The van der Waals surface area contributed by atoms with Crippen LogP contribution in [-0.4, -0.2) is 22.9 Å². The van der Waals surface area contributed by atoms with Crippen molar-refractivity contribution in [1.82, 2.24) is 9.97 Å². The van der Waals surface area contributed by atoms with Crippen molar-refractivity contribution in [2.75, 3.05) is 23.0 Å². The van der Waals surface area contributed by atoms with Gasteiger partial charge in [0.1, 0.15) is 11.4 Å². The van der Waals surface area contributed by atoms with Gasteiger partial charge in [0.05, 0.1) is 6.42 Å². The molecule has 1 aromatic heterocycles. The van der Waals surface area contributed by atoms with Crippen LogP contribution < -0.4 is 16.0 Å². The number of fused-ring (bicyclic) bond motifs is 1. The first-order valence-electron chi connectivity index (χ1n) is 6.69. The summed E-state index contributed by atoms with van der Waals surface area (Å²) in [6.07, 6.45) is -3.63. The number of nitrogens with one attached hydrogen (secondary N) is 3. The van der Waals surface area contributed by atoms with Gasteiger partial charge in [-0.25, -0.2) is 4.98 Å². The molecule has 0 saturated heterocycles. The Hall–Kier alpha value is -2.84. The zero-order chi connectivity index (χ0) is 16.6. The van der Waals surface area contributed by atoms with Crippen molar-refractivity contribution in [3.05, 3.63) is 35.5 Å². The van der Waals surface area contributed by atoms with E-state index in [9.17, 15) is 18.0 Å². The van der Waals surface area contributed by atoms with Crippen LogP contribution in [0, 0.1) is 0 Å². The van der Waals surface area contributed by atoms with Crippen LogP contribution >= 0.6 is 0 Å². The Bertz CT molecular complexity index is 775. The Morgan fingerprint density at radius 2 is 2.09 bits per heavy atom. The molecular formula is C14H12F3N5O. The van der Waals surface area contributed by atoms with Crippen molar-refractivity contribution >= 4 is 29.0 Å². The summed E-state index contributed by atoms with van der Waals surface area (Å²) in [4.78, 5) is 19.0. The van der Waals surface area contributed by atoms with E-state index in [-0.39, 0.29) is 24.1 Å². The van der Waals surface area contributed by atoms with Crippen molar-refractivity contribution in [3.8, 4) is 0 Å². The van der Waals surface area contributed by atoms with Gasteiger partial charge in [-0.15, -0.1) is 0 Å². The van der Waals surface area contributed by atoms with Gasteiger partial charge < -0.3 is 16.0 Å². The first-order chi connectivity index (χ1) is 10.9. The summed E-state index contributed by atoms with van der Waals surface area (Å²) in [5, 5.41) is 7.96. The van der Waals surface area contributed by atoms with E-state index < -0.39 is 11.7 Å². The van der Waals surface area contributed by atoms with Gasteiger partial charge in [-0.2, -0.15) is 18.2 Å². The molecule has 0 radical (unpaired) electrons. The number of halogens is 3. The van der Waals surface area contributed by atoms with Gasteiger partial charge >= 0.3 is 6.18 Å². The van der Waals surface area contributed by atoms with Crippen LogP contribution in [0.15, 0.2) is 24.4 Å². The summed E-state index contributed by atoms with van der Waals surface area (Å²) in [6.45, 7) is 0. The standard InChI is InChI=1S/C14H12F3N5O/c1-18-12-8(14(15,16)17)6-19-13(22-12)21-10-4-2-3-9-7(10)5-11(23)20-9/h2-4,6H,5H2,1H3,(H,20,23)(H2,18,19,21,22). The van der Waals surface area contributed by atoms with Crippen LogP contribution in [0.2, 0.25) is 0 Å². The number of benzene rings is 1. The normalized spacial score (nSPS) is 13.5. The molecule has 9 heteroatoms. The number of amides is 1. The van der Waals surface area contributed by atoms with E-state index in [1.165, 1.54) is 7.05 Å². The van der Waals surface area contributed by atoms with E-state index in [0.29, 0.717) is 17.6 Å². The molecule has 1 amide bonds. The number of aromatic nitrogens is 2. The minimum atomic E-state index is -4.54. The molecule has 1 aliphatic heterocycles. The maximum Gasteiger partial charge on any atom is 0.421 e. The fourth-order valence-electron chi connectivity index (χ4n) is 2.33. The van der Waals surface area contributed by atoms with Gasteiger partial charge in [0, 0.05) is 30.2 Å². The number of hydrogen-bond acceptors (Lipinski definition) is 5.